The fourth-order valence-corrected chi connectivity index (χ4v) is 1.50. The van der Waals surface area contributed by atoms with Crippen molar-refractivity contribution in [2.75, 3.05) is 5.32 Å². The highest BCUT2D eigenvalue weighted by molar-refractivity contribution is 6.31. The molecule has 0 aliphatic rings. The summed E-state index contributed by atoms with van der Waals surface area (Å²) in [5, 5.41) is 3.08. The van der Waals surface area contributed by atoms with Crippen LogP contribution in [-0.2, 0) is 14.3 Å². The number of amides is 2. The van der Waals surface area contributed by atoms with Gasteiger partial charge in [0.25, 0.3) is 5.91 Å². The Kier molecular flexibility index (Phi) is 5.32. The molecule has 19 heavy (non-hydrogen) atoms. The monoisotopic (exact) mass is 284 g/mol. The largest absolute Gasteiger partial charge is 0.436 e. The van der Waals surface area contributed by atoms with Gasteiger partial charge in [-0.25, -0.2) is 4.79 Å². The van der Waals surface area contributed by atoms with Crippen LogP contribution in [0.4, 0.5) is 10.5 Å². The maximum Gasteiger partial charge on any atom is 0.405 e. The maximum absolute atomic E-state index is 11.8. The Morgan fingerprint density at radius 3 is 2.74 bits per heavy atom. The molecule has 0 unspecified atom stereocenters. The molecule has 0 fully saturated rings. The van der Waals surface area contributed by atoms with Gasteiger partial charge in [-0.05, 0) is 30.7 Å². The van der Waals surface area contributed by atoms with E-state index in [0.717, 1.165) is 5.56 Å². The van der Waals surface area contributed by atoms with Crippen LogP contribution in [0, 0.1) is 6.92 Å². The molecule has 102 valence electrons. The Bertz CT molecular complexity index is 505. The molecule has 1 aromatic carbocycles. The first-order valence-electron chi connectivity index (χ1n) is 5.40. The van der Waals surface area contributed by atoms with Crippen molar-refractivity contribution in [3.05, 3.63) is 28.8 Å². The van der Waals surface area contributed by atoms with Gasteiger partial charge in [0.2, 0.25) is 0 Å². The van der Waals surface area contributed by atoms with Gasteiger partial charge in [-0.3, -0.25) is 4.79 Å². The maximum atomic E-state index is 11.8. The number of carbonyl (C=O) groups excluding carboxylic acids is 3. The van der Waals surface area contributed by atoms with Crippen molar-refractivity contribution in [1.82, 2.24) is 0 Å². The molecule has 0 aromatic heterocycles. The Morgan fingerprint density at radius 1 is 1.53 bits per heavy atom. The molecule has 7 heteroatoms. The van der Waals surface area contributed by atoms with E-state index in [1.54, 1.807) is 25.1 Å². The van der Waals surface area contributed by atoms with Gasteiger partial charge < -0.3 is 20.6 Å². The van der Waals surface area contributed by atoms with Crippen molar-refractivity contribution < 1.29 is 19.1 Å². The van der Waals surface area contributed by atoms with Crippen LogP contribution >= 0.6 is 11.6 Å². The summed E-state index contributed by atoms with van der Waals surface area (Å²) in [7, 11) is 0. The Morgan fingerprint density at radius 2 is 2.21 bits per heavy atom. The van der Waals surface area contributed by atoms with Crippen LogP contribution in [0.1, 0.15) is 12.0 Å². The van der Waals surface area contributed by atoms with Crippen molar-refractivity contribution in [3.8, 4) is 0 Å². The molecule has 0 heterocycles. The second kappa shape index (κ2) is 6.75. The molecule has 0 spiro atoms. The number of benzene rings is 1. The lowest BCUT2D eigenvalue weighted by Crippen LogP contribution is -2.34. The Balaban J connectivity index is 2.77. The average Bonchev–Trinajstić information content (AvgIpc) is 2.33. The molecule has 1 atom stereocenters. The third-order valence-corrected chi connectivity index (χ3v) is 2.71. The molecule has 0 aliphatic carbocycles. The van der Waals surface area contributed by atoms with E-state index in [1.165, 1.54) is 0 Å². The summed E-state index contributed by atoms with van der Waals surface area (Å²) < 4.78 is 4.55. The van der Waals surface area contributed by atoms with Gasteiger partial charge in [-0.1, -0.05) is 11.6 Å². The van der Waals surface area contributed by atoms with Crippen LogP contribution in [-0.4, -0.2) is 24.4 Å². The highest BCUT2D eigenvalue weighted by Gasteiger charge is 2.21. The number of halogens is 1. The minimum absolute atomic E-state index is 0.263. The van der Waals surface area contributed by atoms with Gasteiger partial charge >= 0.3 is 6.09 Å². The zero-order valence-electron chi connectivity index (χ0n) is 10.2. The molecule has 2 amide bonds. The summed E-state index contributed by atoms with van der Waals surface area (Å²) in [6, 6.07) is 4.87. The standard InChI is InChI=1S/C12H13ClN2O4/c1-7-6-8(2-3-9(7)13)15-11(17)10(4-5-16)19-12(14)18/h2-3,5-6,10H,4H2,1H3,(H2,14,18)(H,15,17)/t10-/m0/s1. The molecular weight excluding hydrogens is 272 g/mol. The van der Waals surface area contributed by atoms with E-state index < -0.39 is 18.1 Å². The van der Waals surface area contributed by atoms with E-state index >= 15 is 0 Å². The van der Waals surface area contributed by atoms with Crippen LogP contribution in [0.15, 0.2) is 18.2 Å². The molecule has 0 radical (unpaired) electrons. The summed E-state index contributed by atoms with van der Waals surface area (Å²) in [4.78, 5) is 32.8. The molecule has 1 aromatic rings. The number of hydrogen-bond acceptors (Lipinski definition) is 4. The Labute approximate surface area is 114 Å². The average molecular weight is 285 g/mol. The molecular formula is C12H13ClN2O4. The van der Waals surface area contributed by atoms with E-state index in [9.17, 15) is 14.4 Å². The van der Waals surface area contributed by atoms with Crippen molar-refractivity contribution >= 4 is 35.6 Å². The second-order valence-corrected chi connectivity index (χ2v) is 4.19. The van der Waals surface area contributed by atoms with Gasteiger partial charge in [0.15, 0.2) is 6.10 Å². The molecule has 0 saturated carbocycles. The highest BCUT2D eigenvalue weighted by atomic mass is 35.5. The minimum Gasteiger partial charge on any atom is -0.436 e. The number of anilines is 1. The highest BCUT2D eigenvalue weighted by Crippen LogP contribution is 2.19. The first kappa shape index (κ1) is 15.0. The fourth-order valence-electron chi connectivity index (χ4n) is 1.38. The number of aldehydes is 1. The lowest BCUT2D eigenvalue weighted by Gasteiger charge is -2.14. The van der Waals surface area contributed by atoms with Crippen LogP contribution in [0.2, 0.25) is 5.02 Å². The van der Waals surface area contributed by atoms with E-state index in [2.05, 4.69) is 10.1 Å². The van der Waals surface area contributed by atoms with Crippen LogP contribution in [0.3, 0.4) is 0 Å². The van der Waals surface area contributed by atoms with Crippen LogP contribution < -0.4 is 11.1 Å². The number of primary amides is 1. The third kappa shape index (κ3) is 4.59. The normalized spacial score (nSPS) is 11.5. The smallest absolute Gasteiger partial charge is 0.405 e. The lowest BCUT2D eigenvalue weighted by atomic mass is 10.2. The number of nitrogens with two attached hydrogens (primary N) is 1. The quantitative estimate of drug-likeness (QED) is 0.803. The number of rotatable bonds is 5. The van der Waals surface area contributed by atoms with Crippen molar-refractivity contribution in [3.63, 3.8) is 0 Å². The third-order valence-electron chi connectivity index (χ3n) is 2.29. The van der Waals surface area contributed by atoms with E-state index in [1.807, 2.05) is 0 Å². The summed E-state index contributed by atoms with van der Waals surface area (Å²) >= 11 is 5.85. The lowest BCUT2D eigenvalue weighted by molar-refractivity contribution is -0.126. The molecule has 0 aliphatic heterocycles. The Hall–Kier alpha value is -2.08. The number of carbonyl (C=O) groups is 3. The molecule has 0 bridgehead atoms. The fraction of sp³-hybridized carbons (Fsp3) is 0.250. The van der Waals surface area contributed by atoms with Crippen molar-refractivity contribution in [2.24, 2.45) is 5.73 Å². The molecule has 3 N–H and O–H groups in total. The predicted octanol–water partition coefficient (Wildman–Crippen LogP) is 1.64. The zero-order chi connectivity index (χ0) is 14.4. The molecule has 6 nitrogen and oxygen atoms in total. The van der Waals surface area contributed by atoms with E-state index in [0.29, 0.717) is 17.0 Å². The molecule has 0 saturated heterocycles. The van der Waals surface area contributed by atoms with Gasteiger partial charge in [0.05, 0.1) is 0 Å². The van der Waals surface area contributed by atoms with Crippen LogP contribution in [0.25, 0.3) is 0 Å². The number of ether oxygens (including phenoxy) is 1. The predicted molar refractivity (Wildman–Crippen MR) is 70.0 cm³/mol. The van der Waals surface area contributed by atoms with Crippen molar-refractivity contribution in [2.45, 2.75) is 19.4 Å². The van der Waals surface area contributed by atoms with Gasteiger partial charge in [-0.15, -0.1) is 0 Å². The summed E-state index contributed by atoms with van der Waals surface area (Å²) in [6.45, 7) is 1.78. The van der Waals surface area contributed by atoms with E-state index in [-0.39, 0.29) is 6.42 Å². The molecule has 1 rings (SSSR count). The van der Waals surface area contributed by atoms with Gasteiger partial charge in [-0.2, -0.15) is 0 Å². The SMILES string of the molecule is Cc1cc(NC(=O)[C@H](CC=O)OC(N)=O)ccc1Cl. The minimum atomic E-state index is -1.24. The van der Waals surface area contributed by atoms with Crippen LogP contribution in [0.5, 0.6) is 0 Å². The van der Waals surface area contributed by atoms with Gasteiger partial charge in [0, 0.05) is 17.1 Å². The summed E-state index contributed by atoms with van der Waals surface area (Å²) in [5.74, 6) is -0.632. The number of nitrogens with one attached hydrogen (secondary N) is 1. The summed E-state index contributed by atoms with van der Waals surface area (Å²) in [5.41, 5.74) is 6.09. The van der Waals surface area contributed by atoms with Crippen molar-refractivity contribution in [1.29, 1.82) is 0 Å². The summed E-state index contributed by atoms with van der Waals surface area (Å²) in [6.07, 6.45) is -2.15. The van der Waals surface area contributed by atoms with E-state index in [4.69, 9.17) is 17.3 Å². The topological polar surface area (TPSA) is 98.5 Å². The van der Waals surface area contributed by atoms with Gasteiger partial charge in [0.1, 0.15) is 6.29 Å². The first-order chi connectivity index (χ1) is 8.93. The number of aryl methyl sites for hydroxylation is 1. The zero-order valence-corrected chi connectivity index (χ0v) is 10.9. The number of hydrogen-bond donors (Lipinski definition) is 2. The second-order valence-electron chi connectivity index (χ2n) is 3.78. The first-order valence-corrected chi connectivity index (χ1v) is 5.78.